The molecule has 0 saturated carbocycles. The fourth-order valence-corrected chi connectivity index (χ4v) is 1.82. The molecule has 0 fully saturated rings. The number of nitrogens with two attached hydrogens (primary N) is 1. The van der Waals surface area contributed by atoms with Crippen LogP contribution in [0.3, 0.4) is 0 Å². The Hall–Kier alpha value is -2.53. The van der Waals surface area contributed by atoms with Crippen molar-refractivity contribution < 1.29 is 14.3 Å². The summed E-state index contributed by atoms with van der Waals surface area (Å²) in [4.78, 5) is 11.8. The van der Waals surface area contributed by atoms with Crippen molar-refractivity contribution in [2.75, 3.05) is 19.0 Å². The van der Waals surface area contributed by atoms with Gasteiger partial charge in [-0.15, -0.1) is 0 Å². The highest BCUT2D eigenvalue weighted by Crippen LogP contribution is 2.16. The fraction of sp³-hybridized carbons (Fsp3) is 0.188. The number of methoxy groups -OCH3 is 1. The van der Waals surface area contributed by atoms with Gasteiger partial charge in [-0.25, -0.2) is 4.79 Å². The normalized spacial score (nSPS) is 10.0. The van der Waals surface area contributed by atoms with Crippen molar-refractivity contribution in [2.45, 2.75) is 6.42 Å². The van der Waals surface area contributed by atoms with Crippen LogP contribution in [0.25, 0.3) is 0 Å². The summed E-state index contributed by atoms with van der Waals surface area (Å²) in [6, 6.07) is 14.3. The topological polar surface area (TPSA) is 73.6 Å². The summed E-state index contributed by atoms with van der Waals surface area (Å²) in [5.41, 5.74) is 7.23. The van der Waals surface area contributed by atoms with Gasteiger partial charge in [0.2, 0.25) is 0 Å². The van der Waals surface area contributed by atoms with Crippen LogP contribution in [-0.2, 0) is 6.42 Å². The summed E-state index contributed by atoms with van der Waals surface area (Å²) >= 11 is 0. The van der Waals surface area contributed by atoms with Gasteiger partial charge in [0, 0.05) is 5.69 Å². The van der Waals surface area contributed by atoms with E-state index in [2.05, 4.69) is 5.32 Å². The molecule has 0 atom stereocenters. The molecule has 1 amide bonds. The highest BCUT2D eigenvalue weighted by atomic mass is 16.6. The van der Waals surface area contributed by atoms with Gasteiger partial charge in [0.05, 0.1) is 7.11 Å². The number of ether oxygens (including phenoxy) is 2. The Morgan fingerprint density at radius 3 is 2.24 bits per heavy atom. The molecule has 0 aliphatic rings. The lowest BCUT2D eigenvalue weighted by Crippen LogP contribution is -2.16. The number of rotatable bonds is 5. The molecule has 0 heterocycles. The molecule has 0 unspecified atom stereocenters. The van der Waals surface area contributed by atoms with Crippen molar-refractivity contribution in [1.29, 1.82) is 0 Å². The molecule has 0 spiro atoms. The predicted molar refractivity (Wildman–Crippen MR) is 81.8 cm³/mol. The summed E-state index contributed by atoms with van der Waals surface area (Å²) in [7, 11) is 1.59. The Morgan fingerprint density at radius 2 is 1.67 bits per heavy atom. The highest BCUT2D eigenvalue weighted by molar-refractivity contribution is 5.86. The van der Waals surface area contributed by atoms with Gasteiger partial charge in [-0.2, -0.15) is 0 Å². The van der Waals surface area contributed by atoms with E-state index in [1.54, 1.807) is 43.5 Å². The Bertz CT molecular complexity index is 579. The summed E-state index contributed by atoms with van der Waals surface area (Å²) in [5, 5.41) is 2.64. The van der Waals surface area contributed by atoms with Crippen LogP contribution in [0, 0.1) is 0 Å². The molecule has 0 aliphatic heterocycles. The predicted octanol–water partition coefficient (Wildman–Crippen LogP) is 2.81. The molecule has 0 aromatic heterocycles. The van der Waals surface area contributed by atoms with Gasteiger partial charge < -0.3 is 15.2 Å². The van der Waals surface area contributed by atoms with E-state index in [1.807, 2.05) is 12.1 Å². The molecule has 0 radical (unpaired) electrons. The third-order valence-corrected chi connectivity index (χ3v) is 2.90. The lowest BCUT2D eigenvalue weighted by Gasteiger charge is -2.08. The van der Waals surface area contributed by atoms with Gasteiger partial charge in [0.1, 0.15) is 11.5 Å². The van der Waals surface area contributed by atoms with Crippen LogP contribution in [0.5, 0.6) is 11.5 Å². The zero-order valence-corrected chi connectivity index (χ0v) is 11.8. The SMILES string of the molecule is COc1ccc(NC(=O)Oc2ccc(CCN)cc2)cc1. The van der Waals surface area contributed by atoms with E-state index in [1.165, 1.54) is 0 Å². The van der Waals surface area contributed by atoms with Gasteiger partial charge in [-0.3, -0.25) is 5.32 Å². The Labute approximate surface area is 123 Å². The van der Waals surface area contributed by atoms with E-state index in [0.29, 0.717) is 18.0 Å². The second kappa shape index (κ2) is 7.31. The average molecular weight is 286 g/mol. The molecule has 2 rings (SSSR count). The zero-order chi connectivity index (χ0) is 15.1. The van der Waals surface area contributed by atoms with Gasteiger partial charge >= 0.3 is 6.09 Å². The van der Waals surface area contributed by atoms with Crippen molar-refractivity contribution in [2.24, 2.45) is 5.73 Å². The standard InChI is InChI=1S/C16H18N2O3/c1-20-14-8-4-13(5-9-14)18-16(19)21-15-6-2-12(3-7-15)10-11-17/h2-9H,10-11,17H2,1H3,(H,18,19). The second-order valence-electron chi connectivity index (χ2n) is 4.43. The number of hydrogen-bond acceptors (Lipinski definition) is 4. The van der Waals surface area contributed by atoms with Crippen molar-refractivity contribution in [1.82, 2.24) is 0 Å². The van der Waals surface area contributed by atoms with Crippen LogP contribution in [0.1, 0.15) is 5.56 Å². The van der Waals surface area contributed by atoms with E-state index in [0.717, 1.165) is 17.7 Å². The third-order valence-electron chi connectivity index (χ3n) is 2.90. The van der Waals surface area contributed by atoms with Crippen molar-refractivity contribution >= 4 is 11.8 Å². The molecule has 0 bridgehead atoms. The van der Waals surface area contributed by atoms with Crippen LogP contribution >= 0.6 is 0 Å². The molecule has 110 valence electrons. The van der Waals surface area contributed by atoms with E-state index in [-0.39, 0.29) is 0 Å². The van der Waals surface area contributed by atoms with Crippen molar-refractivity contribution in [3.05, 3.63) is 54.1 Å². The zero-order valence-electron chi connectivity index (χ0n) is 11.8. The summed E-state index contributed by atoms with van der Waals surface area (Å²) in [6.45, 7) is 0.595. The Morgan fingerprint density at radius 1 is 1.05 bits per heavy atom. The molecule has 5 heteroatoms. The first-order valence-corrected chi connectivity index (χ1v) is 6.63. The first-order chi connectivity index (χ1) is 10.2. The number of hydrogen-bond donors (Lipinski definition) is 2. The number of anilines is 1. The lowest BCUT2D eigenvalue weighted by atomic mass is 10.1. The molecule has 5 nitrogen and oxygen atoms in total. The number of carbonyl (C=O) groups excluding carboxylic acids is 1. The molecule has 2 aromatic rings. The molecule has 21 heavy (non-hydrogen) atoms. The van der Waals surface area contributed by atoms with Crippen LogP contribution in [-0.4, -0.2) is 19.7 Å². The smallest absolute Gasteiger partial charge is 0.417 e. The lowest BCUT2D eigenvalue weighted by molar-refractivity contribution is 0.215. The van der Waals surface area contributed by atoms with Crippen LogP contribution in [0.2, 0.25) is 0 Å². The average Bonchev–Trinajstić information content (AvgIpc) is 2.50. The number of benzene rings is 2. The molecular weight excluding hydrogens is 268 g/mol. The van der Waals surface area contributed by atoms with E-state index >= 15 is 0 Å². The summed E-state index contributed by atoms with van der Waals surface area (Å²) in [6.07, 6.45) is 0.268. The van der Waals surface area contributed by atoms with Crippen molar-refractivity contribution in [3.63, 3.8) is 0 Å². The maximum Gasteiger partial charge on any atom is 0.417 e. The maximum atomic E-state index is 11.8. The second-order valence-corrected chi connectivity index (χ2v) is 4.43. The van der Waals surface area contributed by atoms with E-state index in [4.69, 9.17) is 15.2 Å². The van der Waals surface area contributed by atoms with Crippen LogP contribution < -0.4 is 20.5 Å². The van der Waals surface area contributed by atoms with Gasteiger partial charge in [-0.05, 0) is 54.9 Å². The minimum atomic E-state index is -0.535. The van der Waals surface area contributed by atoms with Gasteiger partial charge in [0.15, 0.2) is 0 Å². The molecule has 2 aromatic carbocycles. The fourth-order valence-electron chi connectivity index (χ4n) is 1.82. The minimum absolute atomic E-state index is 0.488. The van der Waals surface area contributed by atoms with Gasteiger partial charge in [-0.1, -0.05) is 12.1 Å². The summed E-state index contributed by atoms with van der Waals surface area (Å²) < 4.78 is 10.2. The van der Waals surface area contributed by atoms with Crippen molar-refractivity contribution in [3.8, 4) is 11.5 Å². The minimum Gasteiger partial charge on any atom is -0.497 e. The van der Waals surface area contributed by atoms with Gasteiger partial charge in [0.25, 0.3) is 0 Å². The Kier molecular flexibility index (Phi) is 5.17. The third kappa shape index (κ3) is 4.50. The Balaban J connectivity index is 1.91. The van der Waals surface area contributed by atoms with E-state index in [9.17, 15) is 4.79 Å². The first kappa shape index (κ1) is 14.9. The summed E-state index contributed by atoms with van der Waals surface area (Å²) in [5.74, 6) is 1.21. The number of amides is 1. The number of nitrogens with one attached hydrogen (secondary N) is 1. The highest BCUT2D eigenvalue weighted by Gasteiger charge is 2.05. The largest absolute Gasteiger partial charge is 0.497 e. The first-order valence-electron chi connectivity index (χ1n) is 6.63. The molecule has 0 saturated heterocycles. The molecule has 0 aliphatic carbocycles. The van der Waals surface area contributed by atoms with Crippen LogP contribution in [0.4, 0.5) is 10.5 Å². The number of carbonyl (C=O) groups is 1. The quantitative estimate of drug-likeness (QED) is 0.886. The van der Waals surface area contributed by atoms with E-state index < -0.39 is 6.09 Å². The molecule has 3 N–H and O–H groups in total. The molecular formula is C16H18N2O3. The maximum absolute atomic E-state index is 11.8. The monoisotopic (exact) mass is 286 g/mol. The van der Waals surface area contributed by atoms with Crippen LogP contribution in [0.15, 0.2) is 48.5 Å².